The highest BCUT2D eigenvalue weighted by molar-refractivity contribution is 9.10. The summed E-state index contributed by atoms with van der Waals surface area (Å²) >= 11 is 3.06. The second kappa shape index (κ2) is 5.97. The van der Waals surface area contributed by atoms with Crippen LogP contribution >= 0.6 is 15.9 Å². The molecule has 0 aliphatic carbocycles. The second-order valence-electron chi connectivity index (χ2n) is 3.55. The van der Waals surface area contributed by atoms with Gasteiger partial charge >= 0.3 is 5.97 Å². The van der Waals surface area contributed by atoms with Crippen molar-refractivity contribution in [2.75, 3.05) is 7.11 Å². The topological polar surface area (TPSA) is 72.5 Å². The van der Waals surface area contributed by atoms with E-state index in [2.05, 4.69) is 15.9 Å². The molecule has 1 atom stereocenters. The Labute approximate surface area is 107 Å². The summed E-state index contributed by atoms with van der Waals surface area (Å²) in [4.78, 5) is 10.5. The summed E-state index contributed by atoms with van der Waals surface area (Å²) in [5.41, 5.74) is 6.44. The van der Waals surface area contributed by atoms with E-state index in [1.807, 2.05) is 0 Å². The fraction of sp³-hybridized carbons (Fsp3) is 0.364. The minimum atomic E-state index is -0.916. The number of carboxylic acids is 1. The van der Waals surface area contributed by atoms with Gasteiger partial charge in [0.15, 0.2) is 0 Å². The highest BCUT2D eigenvalue weighted by Crippen LogP contribution is 2.31. The molecule has 0 heterocycles. The molecular formula is C11H13BrFNO3. The number of benzene rings is 1. The molecule has 6 heteroatoms. The number of methoxy groups -OCH3 is 1. The molecule has 0 saturated carbocycles. The molecule has 1 unspecified atom stereocenters. The standard InChI is InChI=1S/C11H13BrFNO3/c1-17-10-5-8(13)7(12)4-6(10)9(14)2-3-11(15)16/h4-5,9H,2-3,14H2,1H3,(H,15,16). The molecule has 1 aromatic rings. The van der Waals surface area contributed by atoms with E-state index < -0.39 is 17.8 Å². The first kappa shape index (κ1) is 13.9. The average molecular weight is 306 g/mol. The molecule has 0 bridgehead atoms. The van der Waals surface area contributed by atoms with Crippen LogP contribution in [0.1, 0.15) is 24.4 Å². The number of nitrogens with two attached hydrogens (primary N) is 1. The van der Waals surface area contributed by atoms with Crippen LogP contribution in [-0.4, -0.2) is 18.2 Å². The number of halogens is 2. The van der Waals surface area contributed by atoms with Crippen LogP contribution in [0.3, 0.4) is 0 Å². The molecule has 0 aliphatic rings. The zero-order valence-corrected chi connectivity index (χ0v) is 10.8. The third kappa shape index (κ3) is 3.67. The van der Waals surface area contributed by atoms with Crippen LogP contribution in [0.5, 0.6) is 5.75 Å². The molecule has 0 radical (unpaired) electrons. The fourth-order valence-electron chi connectivity index (χ4n) is 1.44. The molecule has 94 valence electrons. The Balaban J connectivity index is 2.95. The number of ether oxygens (including phenoxy) is 1. The van der Waals surface area contributed by atoms with Crippen LogP contribution in [0.25, 0.3) is 0 Å². The highest BCUT2D eigenvalue weighted by Gasteiger charge is 2.16. The molecule has 17 heavy (non-hydrogen) atoms. The van der Waals surface area contributed by atoms with Crippen molar-refractivity contribution in [2.24, 2.45) is 5.73 Å². The first-order valence-corrected chi connectivity index (χ1v) is 5.75. The molecule has 1 aromatic carbocycles. The molecule has 3 N–H and O–H groups in total. The Morgan fingerprint density at radius 3 is 2.82 bits per heavy atom. The molecule has 0 saturated heterocycles. The number of carbonyl (C=O) groups is 1. The van der Waals surface area contributed by atoms with Gasteiger partial charge in [-0.25, -0.2) is 4.39 Å². The normalized spacial score (nSPS) is 12.2. The minimum absolute atomic E-state index is 0.0423. The van der Waals surface area contributed by atoms with Gasteiger partial charge < -0.3 is 15.6 Å². The smallest absolute Gasteiger partial charge is 0.303 e. The number of aliphatic carboxylic acids is 1. The molecular weight excluding hydrogens is 293 g/mol. The van der Waals surface area contributed by atoms with E-state index in [4.69, 9.17) is 15.6 Å². The molecule has 0 aromatic heterocycles. The lowest BCUT2D eigenvalue weighted by Crippen LogP contribution is -2.13. The van der Waals surface area contributed by atoms with E-state index in [-0.39, 0.29) is 17.3 Å². The average Bonchev–Trinajstić information content (AvgIpc) is 2.28. The molecule has 0 aliphatic heterocycles. The van der Waals surface area contributed by atoms with E-state index in [9.17, 15) is 9.18 Å². The van der Waals surface area contributed by atoms with Gasteiger partial charge in [0.25, 0.3) is 0 Å². The van der Waals surface area contributed by atoms with Crippen LogP contribution in [-0.2, 0) is 4.79 Å². The number of rotatable bonds is 5. The summed E-state index contributed by atoms with van der Waals surface area (Å²) in [6, 6.07) is 2.23. The Hall–Kier alpha value is -1.14. The molecule has 0 fully saturated rings. The predicted molar refractivity (Wildman–Crippen MR) is 64.5 cm³/mol. The van der Waals surface area contributed by atoms with Gasteiger partial charge in [-0.15, -0.1) is 0 Å². The van der Waals surface area contributed by atoms with E-state index >= 15 is 0 Å². The Kier molecular flexibility index (Phi) is 4.89. The van der Waals surface area contributed by atoms with Crippen molar-refractivity contribution in [2.45, 2.75) is 18.9 Å². The Morgan fingerprint density at radius 1 is 1.65 bits per heavy atom. The summed E-state index contributed by atoms with van der Waals surface area (Å²) in [6.07, 6.45) is 0.225. The zero-order chi connectivity index (χ0) is 13.0. The maximum Gasteiger partial charge on any atom is 0.303 e. The second-order valence-corrected chi connectivity index (χ2v) is 4.40. The highest BCUT2D eigenvalue weighted by atomic mass is 79.9. The number of hydrogen-bond donors (Lipinski definition) is 2. The van der Waals surface area contributed by atoms with Crippen molar-refractivity contribution >= 4 is 21.9 Å². The van der Waals surface area contributed by atoms with Gasteiger partial charge in [-0.3, -0.25) is 4.79 Å². The lowest BCUT2D eigenvalue weighted by Gasteiger charge is -2.15. The molecule has 0 amide bonds. The monoisotopic (exact) mass is 305 g/mol. The van der Waals surface area contributed by atoms with E-state index in [1.165, 1.54) is 19.2 Å². The predicted octanol–water partition coefficient (Wildman–Crippen LogP) is 2.46. The Bertz CT molecular complexity index is 425. The summed E-state index contributed by atoms with van der Waals surface area (Å²) in [7, 11) is 1.41. The molecule has 1 rings (SSSR count). The van der Waals surface area contributed by atoms with Crippen molar-refractivity contribution in [1.29, 1.82) is 0 Å². The van der Waals surface area contributed by atoms with Crippen LogP contribution in [0.4, 0.5) is 4.39 Å². The van der Waals surface area contributed by atoms with Crippen molar-refractivity contribution < 1.29 is 19.0 Å². The van der Waals surface area contributed by atoms with Gasteiger partial charge in [-0.1, -0.05) is 0 Å². The maximum absolute atomic E-state index is 13.3. The van der Waals surface area contributed by atoms with Gasteiger partial charge in [0.2, 0.25) is 0 Å². The van der Waals surface area contributed by atoms with E-state index in [1.54, 1.807) is 0 Å². The van der Waals surface area contributed by atoms with Crippen LogP contribution in [0, 0.1) is 5.82 Å². The van der Waals surface area contributed by atoms with Crippen molar-refractivity contribution in [1.82, 2.24) is 0 Å². The summed E-state index contributed by atoms with van der Waals surface area (Å²) in [6.45, 7) is 0. The lowest BCUT2D eigenvalue weighted by molar-refractivity contribution is -0.137. The van der Waals surface area contributed by atoms with Gasteiger partial charge in [0.05, 0.1) is 11.6 Å². The minimum Gasteiger partial charge on any atom is -0.496 e. The quantitative estimate of drug-likeness (QED) is 0.876. The van der Waals surface area contributed by atoms with Gasteiger partial charge in [0.1, 0.15) is 11.6 Å². The molecule has 0 spiro atoms. The first-order valence-electron chi connectivity index (χ1n) is 4.96. The third-order valence-electron chi connectivity index (χ3n) is 2.34. The molecule has 4 nitrogen and oxygen atoms in total. The van der Waals surface area contributed by atoms with E-state index in [0.29, 0.717) is 11.3 Å². The Morgan fingerprint density at radius 2 is 2.29 bits per heavy atom. The lowest BCUT2D eigenvalue weighted by atomic mass is 10.0. The van der Waals surface area contributed by atoms with Gasteiger partial charge in [-0.2, -0.15) is 0 Å². The summed E-state index contributed by atoms with van der Waals surface area (Å²) in [5.74, 6) is -1.04. The van der Waals surface area contributed by atoms with Crippen LogP contribution < -0.4 is 10.5 Å². The largest absolute Gasteiger partial charge is 0.496 e. The summed E-state index contributed by atoms with van der Waals surface area (Å²) in [5, 5.41) is 8.58. The van der Waals surface area contributed by atoms with Crippen molar-refractivity contribution in [3.63, 3.8) is 0 Å². The fourth-order valence-corrected chi connectivity index (χ4v) is 1.81. The van der Waals surface area contributed by atoms with Gasteiger partial charge in [-0.05, 0) is 28.4 Å². The maximum atomic E-state index is 13.3. The van der Waals surface area contributed by atoms with E-state index in [0.717, 1.165) is 0 Å². The SMILES string of the molecule is COc1cc(F)c(Br)cc1C(N)CCC(=O)O. The van der Waals surface area contributed by atoms with Crippen molar-refractivity contribution in [3.8, 4) is 5.75 Å². The number of carboxylic acid groups (broad SMARTS) is 1. The number of hydrogen-bond acceptors (Lipinski definition) is 3. The third-order valence-corrected chi connectivity index (χ3v) is 2.95. The van der Waals surface area contributed by atoms with Crippen LogP contribution in [0.2, 0.25) is 0 Å². The van der Waals surface area contributed by atoms with Gasteiger partial charge in [0, 0.05) is 24.1 Å². The van der Waals surface area contributed by atoms with Crippen molar-refractivity contribution in [3.05, 3.63) is 28.0 Å². The first-order chi connectivity index (χ1) is 7.95. The zero-order valence-electron chi connectivity index (χ0n) is 9.24. The van der Waals surface area contributed by atoms with Crippen LogP contribution in [0.15, 0.2) is 16.6 Å². The summed E-state index contributed by atoms with van der Waals surface area (Å²) < 4.78 is 18.6.